The second-order valence-electron chi connectivity index (χ2n) is 6.30. The van der Waals surface area contributed by atoms with E-state index in [1.54, 1.807) is 24.3 Å². The zero-order chi connectivity index (χ0) is 21.0. The number of benzene rings is 2. The monoisotopic (exact) mass is 416 g/mol. The summed E-state index contributed by atoms with van der Waals surface area (Å²) < 4.78 is 4.99. The number of nitrogens with zero attached hydrogens (tertiary/aromatic N) is 3. The molecule has 0 radical (unpaired) electrons. The van der Waals surface area contributed by atoms with Crippen molar-refractivity contribution in [3.63, 3.8) is 0 Å². The number of hydrogen-bond donors (Lipinski definition) is 1. The average Bonchev–Trinajstić information content (AvgIpc) is 3.14. The van der Waals surface area contributed by atoms with Crippen LogP contribution in [-0.2, 0) is 9.53 Å². The number of esters is 1. The quantitative estimate of drug-likeness (QED) is 0.437. The van der Waals surface area contributed by atoms with Crippen molar-refractivity contribution in [3.8, 4) is 0 Å². The normalized spacial score (nSPS) is 13.0. The summed E-state index contributed by atoms with van der Waals surface area (Å²) in [6.07, 6.45) is 0.896. The molecule has 0 aliphatic carbocycles. The number of rotatable bonds is 6. The largest absolute Gasteiger partial charge is 0.452 e. The van der Waals surface area contributed by atoms with Crippen molar-refractivity contribution in [1.82, 2.24) is 0 Å². The van der Waals surface area contributed by atoms with Crippen LogP contribution in [0.3, 0.4) is 0 Å². The Hall–Kier alpha value is -3.46. The number of hydrogen-bond acceptors (Lipinski definition) is 7. The number of nitro benzene ring substituents is 1. The van der Waals surface area contributed by atoms with Crippen LogP contribution in [0.4, 0.5) is 17.1 Å². The lowest BCUT2D eigenvalue weighted by molar-refractivity contribution is -0.384. The first kappa shape index (κ1) is 20.3. The fourth-order valence-electron chi connectivity index (χ4n) is 2.65. The molecule has 29 heavy (non-hydrogen) atoms. The highest BCUT2D eigenvalue weighted by molar-refractivity contribution is 6.33. The van der Waals surface area contributed by atoms with Crippen LogP contribution >= 0.6 is 11.6 Å². The van der Waals surface area contributed by atoms with Gasteiger partial charge in [-0.2, -0.15) is 5.10 Å². The summed E-state index contributed by atoms with van der Waals surface area (Å²) in [4.78, 5) is 34.3. The van der Waals surface area contributed by atoms with Crippen molar-refractivity contribution in [2.75, 3.05) is 23.5 Å². The zero-order valence-corrected chi connectivity index (χ0v) is 16.2. The molecule has 0 atom stereocenters. The predicted molar refractivity (Wildman–Crippen MR) is 109 cm³/mol. The highest BCUT2D eigenvalue weighted by Gasteiger charge is 2.16. The number of non-ortho nitro benzene ring substituents is 1. The first-order valence-electron chi connectivity index (χ1n) is 8.66. The number of ether oxygens (including phenoxy) is 1. The standard InChI is InChI=1S/C19H17ClN4O5/c1-12-8-9-23(22-12)14-4-2-13(3-5-14)19(26)29-11-18(25)21-17-10-15(24(27)28)6-7-16(17)20/h2-7,10H,8-9,11H2,1H3,(H,21,25). The van der Waals surface area contributed by atoms with E-state index in [9.17, 15) is 19.7 Å². The van der Waals surface area contributed by atoms with Crippen LogP contribution in [0.5, 0.6) is 0 Å². The van der Waals surface area contributed by atoms with E-state index in [4.69, 9.17) is 16.3 Å². The molecule has 1 N–H and O–H groups in total. The van der Waals surface area contributed by atoms with E-state index in [-0.39, 0.29) is 22.0 Å². The predicted octanol–water partition coefficient (Wildman–Crippen LogP) is 3.63. The Bertz CT molecular complexity index is 991. The van der Waals surface area contributed by atoms with Crippen molar-refractivity contribution in [1.29, 1.82) is 0 Å². The van der Waals surface area contributed by atoms with Gasteiger partial charge in [-0.25, -0.2) is 4.79 Å². The van der Waals surface area contributed by atoms with E-state index in [0.717, 1.165) is 30.4 Å². The molecule has 0 spiro atoms. The van der Waals surface area contributed by atoms with E-state index in [1.165, 1.54) is 12.1 Å². The highest BCUT2D eigenvalue weighted by atomic mass is 35.5. The molecule has 0 bridgehead atoms. The second-order valence-corrected chi connectivity index (χ2v) is 6.71. The van der Waals surface area contributed by atoms with Gasteiger partial charge in [-0.1, -0.05) is 11.6 Å². The van der Waals surface area contributed by atoms with Crippen LogP contribution in [0.25, 0.3) is 0 Å². The summed E-state index contributed by atoms with van der Waals surface area (Å²) >= 11 is 5.92. The fourth-order valence-corrected chi connectivity index (χ4v) is 2.82. The number of nitro groups is 1. The van der Waals surface area contributed by atoms with Gasteiger partial charge in [-0.15, -0.1) is 0 Å². The molecule has 0 fully saturated rings. The Morgan fingerprint density at radius 3 is 2.62 bits per heavy atom. The van der Waals surface area contributed by atoms with Gasteiger partial charge in [0, 0.05) is 30.8 Å². The Morgan fingerprint density at radius 2 is 2.00 bits per heavy atom. The summed E-state index contributed by atoms with van der Waals surface area (Å²) in [5.41, 5.74) is 2.03. The highest BCUT2D eigenvalue weighted by Crippen LogP contribution is 2.26. The van der Waals surface area contributed by atoms with Gasteiger partial charge in [0.15, 0.2) is 6.61 Å². The fraction of sp³-hybridized carbons (Fsp3) is 0.211. The Balaban J connectivity index is 1.56. The van der Waals surface area contributed by atoms with Crippen LogP contribution in [0.1, 0.15) is 23.7 Å². The number of amides is 1. The third-order valence-electron chi connectivity index (χ3n) is 4.15. The van der Waals surface area contributed by atoms with Crippen molar-refractivity contribution in [2.24, 2.45) is 5.10 Å². The molecule has 0 saturated carbocycles. The minimum atomic E-state index is -0.669. The lowest BCUT2D eigenvalue weighted by atomic mass is 10.2. The van der Waals surface area contributed by atoms with Crippen molar-refractivity contribution in [2.45, 2.75) is 13.3 Å². The van der Waals surface area contributed by atoms with Crippen LogP contribution in [0.2, 0.25) is 5.02 Å². The first-order chi connectivity index (χ1) is 13.8. The van der Waals surface area contributed by atoms with Crippen LogP contribution in [0.15, 0.2) is 47.6 Å². The average molecular weight is 417 g/mol. The summed E-state index contributed by atoms with van der Waals surface area (Å²) in [5, 5.41) is 19.6. The van der Waals surface area contributed by atoms with Crippen molar-refractivity contribution in [3.05, 3.63) is 63.2 Å². The maximum Gasteiger partial charge on any atom is 0.338 e. The molecule has 9 nitrogen and oxygen atoms in total. The van der Waals surface area contributed by atoms with Crippen molar-refractivity contribution >= 4 is 46.3 Å². The van der Waals surface area contributed by atoms with Gasteiger partial charge in [0.1, 0.15) is 0 Å². The number of halogens is 1. The molecule has 150 valence electrons. The van der Waals surface area contributed by atoms with Gasteiger partial charge in [-0.3, -0.25) is 19.9 Å². The van der Waals surface area contributed by atoms with Crippen LogP contribution in [0, 0.1) is 10.1 Å². The Kier molecular flexibility index (Phi) is 6.08. The topological polar surface area (TPSA) is 114 Å². The van der Waals surface area contributed by atoms with E-state index >= 15 is 0 Å². The number of hydrazone groups is 1. The smallest absolute Gasteiger partial charge is 0.338 e. The third-order valence-corrected chi connectivity index (χ3v) is 4.48. The summed E-state index contributed by atoms with van der Waals surface area (Å²) in [5.74, 6) is -1.34. The zero-order valence-electron chi connectivity index (χ0n) is 15.4. The molecule has 3 rings (SSSR count). The second kappa shape index (κ2) is 8.70. The lowest BCUT2D eigenvalue weighted by Gasteiger charge is -2.13. The molecule has 1 aliphatic heterocycles. The summed E-state index contributed by atoms with van der Waals surface area (Å²) in [7, 11) is 0. The van der Waals surface area contributed by atoms with Gasteiger partial charge in [0.25, 0.3) is 11.6 Å². The maximum absolute atomic E-state index is 12.1. The maximum atomic E-state index is 12.1. The van der Waals surface area contributed by atoms with Gasteiger partial charge in [-0.05, 0) is 37.3 Å². The van der Waals surface area contributed by atoms with Crippen LogP contribution < -0.4 is 10.3 Å². The molecule has 0 saturated heterocycles. The molecule has 1 heterocycles. The number of carbonyl (C=O) groups excluding carboxylic acids is 2. The van der Waals surface area contributed by atoms with Gasteiger partial charge >= 0.3 is 5.97 Å². The Labute approximate surface area is 171 Å². The number of anilines is 2. The Morgan fingerprint density at radius 1 is 1.28 bits per heavy atom. The van der Waals surface area contributed by atoms with Crippen LogP contribution in [-0.4, -0.2) is 35.7 Å². The minimum Gasteiger partial charge on any atom is -0.452 e. The minimum absolute atomic E-state index is 0.0627. The molecule has 2 aromatic carbocycles. The molecule has 0 aromatic heterocycles. The third kappa shape index (κ3) is 5.08. The van der Waals surface area contributed by atoms with E-state index in [0.29, 0.717) is 0 Å². The van der Waals surface area contributed by atoms with Gasteiger partial charge in [0.2, 0.25) is 0 Å². The molecule has 10 heteroatoms. The van der Waals surface area contributed by atoms with E-state index < -0.39 is 23.4 Å². The molecular weight excluding hydrogens is 400 g/mol. The lowest BCUT2D eigenvalue weighted by Crippen LogP contribution is -2.21. The van der Waals surface area contributed by atoms with E-state index in [1.807, 2.05) is 11.9 Å². The molecule has 0 unspecified atom stereocenters. The van der Waals surface area contributed by atoms with Gasteiger partial charge < -0.3 is 10.1 Å². The molecular formula is C19H17ClN4O5. The van der Waals surface area contributed by atoms with Crippen molar-refractivity contribution < 1.29 is 19.2 Å². The summed E-state index contributed by atoms with van der Waals surface area (Å²) in [6, 6.07) is 10.3. The SMILES string of the molecule is CC1=NN(c2ccc(C(=O)OCC(=O)Nc3cc([N+](=O)[O-])ccc3Cl)cc2)CC1. The van der Waals surface area contributed by atoms with Gasteiger partial charge in [0.05, 0.1) is 26.9 Å². The summed E-state index contributed by atoms with van der Waals surface area (Å²) in [6.45, 7) is 2.18. The number of carbonyl (C=O) groups is 2. The molecule has 1 aliphatic rings. The molecule has 2 aromatic rings. The number of nitrogens with one attached hydrogen (secondary N) is 1. The molecule has 1 amide bonds. The first-order valence-corrected chi connectivity index (χ1v) is 9.04. The van der Waals surface area contributed by atoms with E-state index in [2.05, 4.69) is 10.4 Å².